The van der Waals surface area contributed by atoms with E-state index in [1.165, 1.54) is 6.08 Å². The van der Waals surface area contributed by atoms with Crippen LogP contribution in [0, 0.1) is 0 Å². The number of anilines is 2. The van der Waals surface area contributed by atoms with Crippen molar-refractivity contribution in [3.05, 3.63) is 89.2 Å². The van der Waals surface area contributed by atoms with Crippen LogP contribution in [0.25, 0.3) is 17.0 Å². The van der Waals surface area contributed by atoms with Gasteiger partial charge in [0.05, 0.1) is 0 Å². The van der Waals surface area contributed by atoms with Crippen molar-refractivity contribution in [1.82, 2.24) is 0 Å². The van der Waals surface area contributed by atoms with Crippen molar-refractivity contribution in [2.24, 2.45) is 0 Å². The third kappa shape index (κ3) is 4.40. The van der Waals surface area contributed by atoms with Crippen molar-refractivity contribution < 1.29 is 23.5 Å². The second kappa shape index (κ2) is 8.72. The van der Waals surface area contributed by atoms with Gasteiger partial charge in [-0.2, -0.15) is 0 Å². The summed E-state index contributed by atoms with van der Waals surface area (Å²) in [4.78, 5) is 25.6. The van der Waals surface area contributed by atoms with E-state index in [-0.39, 0.29) is 18.2 Å². The molecule has 7 nitrogen and oxygen atoms in total. The molecule has 1 aliphatic rings. The van der Waals surface area contributed by atoms with Gasteiger partial charge >= 0.3 is 0 Å². The van der Waals surface area contributed by atoms with Crippen LogP contribution in [0.3, 0.4) is 0 Å². The van der Waals surface area contributed by atoms with Crippen LogP contribution in [0.5, 0.6) is 11.5 Å². The third-order valence-corrected chi connectivity index (χ3v) is 5.23. The number of nitrogens with one attached hydrogen (secondary N) is 2. The molecule has 3 aromatic carbocycles. The van der Waals surface area contributed by atoms with Crippen LogP contribution >= 0.6 is 11.6 Å². The van der Waals surface area contributed by atoms with Gasteiger partial charge < -0.3 is 24.5 Å². The maximum Gasteiger partial charge on any atom is 0.293 e. The molecule has 0 atom stereocenters. The number of para-hydroxylation sites is 1. The van der Waals surface area contributed by atoms with Gasteiger partial charge in [-0.15, -0.1) is 0 Å². The Balaban J connectivity index is 1.39. The third-order valence-electron chi connectivity index (χ3n) is 4.98. The molecule has 2 N–H and O–H groups in total. The number of hydrogen-bond donors (Lipinski definition) is 2. The standard InChI is InChI=1S/C25H17ClN2O5/c26-16-7-9-17(10-8-16)27-25(30)24-23(18-3-1-2-4-19(18)33-24)28-22(29)12-6-15-5-11-20-21(13-15)32-14-31-20/h1-13H,14H2,(H,27,30)(H,28,29)/b12-6+. The average Bonchev–Trinajstić information content (AvgIpc) is 3.44. The van der Waals surface area contributed by atoms with Crippen LogP contribution in [-0.2, 0) is 4.79 Å². The SMILES string of the molecule is O=C(/C=C/c1ccc2c(c1)OCO2)Nc1c(C(=O)Nc2ccc(Cl)cc2)oc2ccccc12. The summed E-state index contributed by atoms with van der Waals surface area (Å²) in [6.07, 6.45) is 3.02. The zero-order valence-electron chi connectivity index (χ0n) is 17.1. The number of benzene rings is 3. The van der Waals surface area contributed by atoms with Gasteiger partial charge in [0, 0.05) is 22.2 Å². The second-order valence-corrected chi connectivity index (χ2v) is 7.64. The maximum atomic E-state index is 12.9. The van der Waals surface area contributed by atoms with E-state index in [0.29, 0.717) is 33.2 Å². The first-order valence-electron chi connectivity index (χ1n) is 10.0. The molecule has 164 valence electrons. The quantitative estimate of drug-likeness (QED) is 0.372. The lowest BCUT2D eigenvalue weighted by atomic mass is 10.2. The fourth-order valence-electron chi connectivity index (χ4n) is 3.40. The van der Waals surface area contributed by atoms with Crippen LogP contribution < -0.4 is 20.1 Å². The fraction of sp³-hybridized carbons (Fsp3) is 0.0400. The Morgan fingerprint density at radius 3 is 2.55 bits per heavy atom. The highest BCUT2D eigenvalue weighted by Gasteiger charge is 2.22. The highest BCUT2D eigenvalue weighted by molar-refractivity contribution is 6.30. The molecule has 1 aromatic heterocycles. The second-order valence-electron chi connectivity index (χ2n) is 7.20. The van der Waals surface area contributed by atoms with Crippen LogP contribution in [0.4, 0.5) is 11.4 Å². The van der Waals surface area contributed by atoms with E-state index in [0.717, 1.165) is 5.56 Å². The number of ether oxygens (including phenoxy) is 2. The Kier molecular flexibility index (Phi) is 5.46. The number of furan rings is 1. The molecular weight excluding hydrogens is 444 g/mol. The summed E-state index contributed by atoms with van der Waals surface area (Å²) < 4.78 is 16.4. The monoisotopic (exact) mass is 460 g/mol. The number of amides is 2. The molecule has 0 spiro atoms. The Morgan fingerprint density at radius 2 is 1.70 bits per heavy atom. The molecular formula is C25H17ClN2O5. The van der Waals surface area contributed by atoms with E-state index in [2.05, 4.69) is 10.6 Å². The summed E-state index contributed by atoms with van der Waals surface area (Å²) >= 11 is 5.90. The van der Waals surface area contributed by atoms with Gasteiger partial charge in [-0.25, -0.2) is 0 Å². The molecule has 2 heterocycles. The number of carbonyl (C=O) groups excluding carboxylic acids is 2. The predicted octanol–water partition coefficient (Wildman–Crippen LogP) is 5.72. The van der Waals surface area contributed by atoms with Crippen molar-refractivity contribution in [3.8, 4) is 11.5 Å². The van der Waals surface area contributed by atoms with Crippen LogP contribution in [0.1, 0.15) is 16.1 Å². The Morgan fingerprint density at radius 1 is 0.909 bits per heavy atom. The summed E-state index contributed by atoms with van der Waals surface area (Å²) in [7, 11) is 0. The van der Waals surface area contributed by atoms with Gasteiger partial charge in [0.1, 0.15) is 11.3 Å². The topological polar surface area (TPSA) is 89.8 Å². The number of halogens is 1. The summed E-state index contributed by atoms with van der Waals surface area (Å²) in [5, 5.41) is 6.70. The minimum atomic E-state index is -0.497. The van der Waals surface area contributed by atoms with Crippen molar-refractivity contribution >= 4 is 51.8 Å². The van der Waals surface area contributed by atoms with Gasteiger partial charge in [-0.3, -0.25) is 9.59 Å². The van der Waals surface area contributed by atoms with Crippen molar-refractivity contribution in [2.45, 2.75) is 0 Å². The van der Waals surface area contributed by atoms with Crippen LogP contribution in [0.15, 0.2) is 77.2 Å². The van der Waals surface area contributed by atoms with Gasteiger partial charge in [-0.1, -0.05) is 29.8 Å². The van der Waals surface area contributed by atoms with Gasteiger partial charge in [-0.05, 0) is 60.2 Å². The molecule has 0 radical (unpaired) electrons. The van der Waals surface area contributed by atoms with Gasteiger partial charge in [0.2, 0.25) is 18.5 Å². The van der Waals surface area contributed by atoms with E-state index in [1.807, 2.05) is 6.07 Å². The van der Waals surface area contributed by atoms with Gasteiger partial charge in [0.15, 0.2) is 11.5 Å². The first-order valence-corrected chi connectivity index (χ1v) is 10.4. The Labute approximate surface area is 193 Å². The first-order chi connectivity index (χ1) is 16.1. The summed E-state index contributed by atoms with van der Waals surface area (Å²) in [5.74, 6) is 0.372. The van der Waals surface area contributed by atoms with E-state index in [9.17, 15) is 9.59 Å². The van der Waals surface area contributed by atoms with Crippen LogP contribution in [0.2, 0.25) is 5.02 Å². The predicted molar refractivity (Wildman–Crippen MR) is 126 cm³/mol. The van der Waals surface area contributed by atoms with E-state index >= 15 is 0 Å². The molecule has 4 aromatic rings. The highest BCUT2D eigenvalue weighted by Crippen LogP contribution is 2.33. The van der Waals surface area contributed by atoms with E-state index < -0.39 is 11.8 Å². The van der Waals surface area contributed by atoms with Crippen LogP contribution in [-0.4, -0.2) is 18.6 Å². The zero-order chi connectivity index (χ0) is 22.8. The lowest BCUT2D eigenvalue weighted by Gasteiger charge is -2.06. The summed E-state index contributed by atoms with van der Waals surface area (Å²) in [6.45, 7) is 0.178. The first kappa shape index (κ1) is 20.7. The maximum absolute atomic E-state index is 12.9. The number of fused-ring (bicyclic) bond motifs is 2. The smallest absolute Gasteiger partial charge is 0.293 e. The lowest BCUT2D eigenvalue weighted by Crippen LogP contribution is -2.15. The minimum Gasteiger partial charge on any atom is -0.454 e. The Bertz CT molecular complexity index is 1390. The minimum absolute atomic E-state index is 0.00372. The molecule has 0 saturated heterocycles. The molecule has 8 heteroatoms. The number of hydrogen-bond acceptors (Lipinski definition) is 5. The molecule has 5 rings (SSSR count). The largest absolute Gasteiger partial charge is 0.454 e. The molecule has 0 unspecified atom stereocenters. The molecule has 0 bridgehead atoms. The van der Waals surface area contributed by atoms with E-state index in [1.54, 1.807) is 66.7 Å². The lowest BCUT2D eigenvalue weighted by molar-refractivity contribution is -0.111. The molecule has 33 heavy (non-hydrogen) atoms. The van der Waals surface area contributed by atoms with Crippen molar-refractivity contribution in [1.29, 1.82) is 0 Å². The van der Waals surface area contributed by atoms with Gasteiger partial charge in [0.25, 0.3) is 5.91 Å². The van der Waals surface area contributed by atoms with Crippen molar-refractivity contribution in [2.75, 3.05) is 17.4 Å². The molecule has 0 saturated carbocycles. The fourth-order valence-corrected chi connectivity index (χ4v) is 3.53. The van der Waals surface area contributed by atoms with E-state index in [4.69, 9.17) is 25.5 Å². The number of carbonyl (C=O) groups is 2. The highest BCUT2D eigenvalue weighted by atomic mass is 35.5. The zero-order valence-corrected chi connectivity index (χ0v) is 17.9. The summed E-state index contributed by atoms with van der Waals surface area (Å²) in [6, 6.07) is 19.2. The molecule has 0 aliphatic carbocycles. The summed E-state index contributed by atoms with van der Waals surface area (Å²) in [5.41, 5.74) is 2.09. The normalized spacial score (nSPS) is 12.3. The molecule has 0 fully saturated rings. The number of rotatable bonds is 5. The molecule has 1 aliphatic heterocycles. The average molecular weight is 461 g/mol. The Hall–Kier alpha value is -4.23. The van der Waals surface area contributed by atoms with Crippen molar-refractivity contribution in [3.63, 3.8) is 0 Å². The molecule has 2 amide bonds.